The van der Waals surface area contributed by atoms with E-state index in [1.165, 1.54) is 30.0 Å². The van der Waals surface area contributed by atoms with Gasteiger partial charge in [0.2, 0.25) is 0 Å². The number of benzene rings is 1. The maximum atomic E-state index is 11.9. The van der Waals surface area contributed by atoms with Gasteiger partial charge in [-0.25, -0.2) is 4.79 Å². The van der Waals surface area contributed by atoms with Crippen LogP contribution in [0.1, 0.15) is 16.1 Å². The molecule has 0 radical (unpaired) electrons. The summed E-state index contributed by atoms with van der Waals surface area (Å²) in [5, 5.41) is 20.0. The minimum absolute atomic E-state index is 0.0417. The van der Waals surface area contributed by atoms with E-state index < -0.39 is 10.9 Å². The number of nitrogen functional groups attached to an aromatic ring is 1. The number of rotatable bonds is 3. The fourth-order valence-corrected chi connectivity index (χ4v) is 2.30. The highest BCUT2D eigenvalue weighted by Crippen LogP contribution is 2.30. The van der Waals surface area contributed by atoms with Gasteiger partial charge in [-0.3, -0.25) is 10.1 Å². The van der Waals surface area contributed by atoms with Gasteiger partial charge in [-0.1, -0.05) is 0 Å². The van der Waals surface area contributed by atoms with Crippen LogP contribution in [-0.2, 0) is 4.74 Å². The largest absolute Gasteiger partial charge is 0.464 e. The standard InChI is InChI=1S/C13H9BrN4O4/c1-22-13(19)12-11(16)7(5-15)6-17(12)8-2-3-9(14)10(4-8)18(20)21/h2-4,6H,16H2,1H3. The Morgan fingerprint density at radius 3 is 2.77 bits per heavy atom. The van der Waals surface area contributed by atoms with Crippen molar-refractivity contribution in [3.8, 4) is 11.8 Å². The first-order valence-corrected chi connectivity index (χ1v) is 6.63. The number of nitriles is 1. The number of methoxy groups -OCH3 is 1. The summed E-state index contributed by atoms with van der Waals surface area (Å²) in [7, 11) is 1.18. The van der Waals surface area contributed by atoms with Crippen LogP contribution in [0.5, 0.6) is 0 Å². The Bertz CT molecular complexity index is 822. The lowest BCUT2D eigenvalue weighted by Crippen LogP contribution is -2.11. The molecule has 0 saturated heterocycles. The molecule has 1 aromatic carbocycles. The highest BCUT2D eigenvalue weighted by atomic mass is 79.9. The number of ether oxygens (including phenoxy) is 1. The molecule has 0 unspecified atom stereocenters. The Kier molecular flexibility index (Phi) is 4.14. The van der Waals surface area contributed by atoms with E-state index in [-0.39, 0.29) is 22.6 Å². The number of nitrogens with zero attached hydrogens (tertiary/aromatic N) is 3. The molecule has 0 aliphatic rings. The van der Waals surface area contributed by atoms with Gasteiger partial charge >= 0.3 is 5.97 Å². The first kappa shape index (κ1) is 15.5. The predicted molar refractivity (Wildman–Crippen MR) is 80.6 cm³/mol. The van der Waals surface area contributed by atoms with Crippen molar-refractivity contribution >= 4 is 33.3 Å². The van der Waals surface area contributed by atoms with Gasteiger partial charge in [-0.15, -0.1) is 0 Å². The van der Waals surface area contributed by atoms with Gasteiger partial charge < -0.3 is 15.0 Å². The van der Waals surface area contributed by atoms with E-state index in [4.69, 9.17) is 11.0 Å². The monoisotopic (exact) mass is 364 g/mol. The average molecular weight is 365 g/mol. The van der Waals surface area contributed by atoms with E-state index in [1.54, 1.807) is 6.07 Å². The van der Waals surface area contributed by atoms with Crippen LogP contribution in [0.2, 0.25) is 0 Å². The van der Waals surface area contributed by atoms with Gasteiger partial charge in [0.05, 0.1) is 33.4 Å². The van der Waals surface area contributed by atoms with Gasteiger partial charge in [-0.05, 0) is 28.1 Å². The van der Waals surface area contributed by atoms with E-state index in [0.29, 0.717) is 10.2 Å². The maximum absolute atomic E-state index is 11.9. The molecule has 112 valence electrons. The van der Waals surface area contributed by atoms with Crippen LogP contribution in [0.15, 0.2) is 28.9 Å². The Balaban J connectivity index is 2.73. The molecule has 9 heteroatoms. The number of carbonyl (C=O) groups excluding carboxylic acids is 1. The second-order valence-electron chi connectivity index (χ2n) is 4.17. The lowest BCUT2D eigenvalue weighted by molar-refractivity contribution is -0.385. The number of nitrogens with two attached hydrogens (primary N) is 1. The Labute approximate surface area is 133 Å². The SMILES string of the molecule is COC(=O)c1c(N)c(C#N)cn1-c1ccc(Br)c([N+](=O)[O-])c1. The van der Waals surface area contributed by atoms with Crippen molar-refractivity contribution in [2.75, 3.05) is 12.8 Å². The summed E-state index contributed by atoms with van der Waals surface area (Å²) in [6, 6.07) is 6.13. The average Bonchev–Trinajstić information content (AvgIpc) is 2.83. The highest BCUT2D eigenvalue weighted by Gasteiger charge is 2.23. The quantitative estimate of drug-likeness (QED) is 0.506. The molecule has 0 bridgehead atoms. The normalized spacial score (nSPS) is 10.0. The van der Waals surface area contributed by atoms with Crippen molar-refractivity contribution in [3.63, 3.8) is 0 Å². The predicted octanol–water partition coefficient (Wildman–Crippen LogP) is 2.39. The summed E-state index contributed by atoms with van der Waals surface area (Å²) in [5.41, 5.74) is 5.87. The molecule has 0 spiro atoms. The van der Waals surface area contributed by atoms with Crippen LogP contribution in [-0.4, -0.2) is 22.6 Å². The van der Waals surface area contributed by atoms with Gasteiger partial charge in [0.25, 0.3) is 5.69 Å². The molecular formula is C13H9BrN4O4. The van der Waals surface area contributed by atoms with Crippen LogP contribution in [0.25, 0.3) is 5.69 Å². The molecule has 2 aromatic rings. The lowest BCUT2D eigenvalue weighted by atomic mass is 10.2. The number of nitro groups is 1. The molecule has 0 fully saturated rings. The van der Waals surface area contributed by atoms with Crippen LogP contribution in [0, 0.1) is 21.4 Å². The molecule has 1 aromatic heterocycles. The fraction of sp³-hybridized carbons (Fsp3) is 0.0769. The molecule has 2 rings (SSSR count). The second-order valence-corrected chi connectivity index (χ2v) is 5.03. The first-order chi connectivity index (χ1) is 10.4. The topological polar surface area (TPSA) is 124 Å². The molecule has 8 nitrogen and oxygen atoms in total. The minimum Gasteiger partial charge on any atom is -0.464 e. The molecule has 0 saturated carbocycles. The zero-order chi connectivity index (χ0) is 16.4. The van der Waals surface area contributed by atoms with Gasteiger partial charge in [0.15, 0.2) is 5.69 Å². The summed E-state index contributed by atoms with van der Waals surface area (Å²) in [4.78, 5) is 22.3. The number of aromatic nitrogens is 1. The van der Waals surface area contributed by atoms with E-state index in [0.717, 1.165) is 0 Å². The molecule has 2 N–H and O–H groups in total. The Morgan fingerprint density at radius 1 is 1.55 bits per heavy atom. The van der Waals surface area contributed by atoms with E-state index in [1.807, 2.05) is 6.07 Å². The lowest BCUT2D eigenvalue weighted by Gasteiger charge is -2.08. The number of nitro benzene ring substituents is 1. The fourth-order valence-electron chi connectivity index (χ4n) is 1.91. The minimum atomic E-state index is -0.746. The van der Waals surface area contributed by atoms with Crippen LogP contribution >= 0.6 is 15.9 Å². The van der Waals surface area contributed by atoms with Crippen molar-refractivity contribution in [1.82, 2.24) is 4.57 Å². The van der Waals surface area contributed by atoms with Crippen molar-refractivity contribution in [2.45, 2.75) is 0 Å². The second kappa shape index (κ2) is 5.87. The summed E-state index contributed by atoms with van der Waals surface area (Å²) in [6.07, 6.45) is 1.33. The first-order valence-electron chi connectivity index (χ1n) is 5.84. The third-order valence-electron chi connectivity index (χ3n) is 2.95. The van der Waals surface area contributed by atoms with Crippen LogP contribution in [0.3, 0.4) is 0 Å². The van der Waals surface area contributed by atoms with E-state index in [2.05, 4.69) is 20.7 Å². The zero-order valence-electron chi connectivity index (χ0n) is 11.2. The Morgan fingerprint density at radius 2 is 2.23 bits per heavy atom. The van der Waals surface area contributed by atoms with Crippen molar-refractivity contribution in [1.29, 1.82) is 5.26 Å². The summed E-state index contributed by atoms with van der Waals surface area (Å²) in [5.74, 6) is -0.746. The van der Waals surface area contributed by atoms with Gasteiger partial charge in [0, 0.05) is 12.3 Å². The van der Waals surface area contributed by atoms with E-state index in [9.17, 15) is 14.9 Å². The third-order valence-corrected chi connectivity index (χ3v) is 3.62. The van der Waals surface area contributed by atoms with Crippen molar-refractivity contribution < 1.29 is 14.5 Å². The van der Waals surface area contributed by atoms with Gasteiger partial charge in [-0.2, -0.15) is 5.26 Å². The zero-order valence-corrected chi connectivity index (χ0v) is 12.8. The van der Waals surface area contributed by atoms with Crippen LogP contribution in [0.4, 0.5) is 11.4 Å². The smallest absolute Gasteiger partial charge is 0.357 e. The third kappa shape index (κ3) is 2.51. The Hall–Kier alpha value is -2.86. The van der Waals surface area contributed by atoms with E-state index >= 15 is 0 Å². The molecule has 1 heterocycles. The number of esters is 1. The van der Waals surface area contributed by atoms with Crippen molar-refractivity contribution in [2.24, 2.45) is 0 Å². The van der Waals surface area contributed by atoms with Crippen LogP contribution < -0.4 is 5.73 Å². The molecule has 0 amide bonds. The number of halogens is 1. The summed E-state index contributed by atoms with van der Waals surface area (Å²) < 4.78 is 6.23. The highest BCUT2D eigenvalue weighted by molar-refractivity contribution is 9.10. The van der Waals surface area contributed by atoms with Crippen molar-refractivity contribution in [3.05, 3.63) is 50.2 Å². The molecule has 0 aliphatic carbocycles. The molecule has 0 aliphatic heterocycles. The molecule has 22 heavy (non-hydrogen) atoms. The molecule has 0 atom stereocenters. The number of hydrogen-bond acceptors (Lipinski definition) is 6. The van der Waals surface area contributed by atoms with Gasteiger partial charge in [0.1, 0.15) is 6.07 Å². The summed E-state index contributed by atoms with van der Waals surface area (Å²) in [6.45, 7) is 0. The number of anilines is 1. The number of hydrogen-bond donors (Lipinski definition) is 1. The summed E-state index contributed by atoms with van der Waals surface area (Å²) >= 11 is 3.08. The number of carbonyl (C=O) groups is 1. The maximum Gasteiger partial charge on any atom is 0.357 e. The molecular weight excluding hydrogens is 356 g/mol.